The van der Waals surface area contributed by atoms with Gasteiger partial charge < -0.3 is 20.6 Å². The number of aromatic carboxylic acids is 1. The third kappa shape index (κ3) is 3.06. The number of anilines is 2. The highest BCUT2D eigenvalue weighted by molar-refractivity contribution is 14.1. The summed E-state index contributed by atoms with van der Waals surface area (Å²) in [7, 11) is 0. The number of halogens is 2. The van der Waals surface area contributed by atoms with Gasteiger partial charge in [-0.3, -0.25) is 0 Å². The Morgan fingerprint density at radius 1 is 1.43 bits per heavy atom. The smallest absolute Gasteiger partial charge is 0.337 e. The predicted octanol–water partition coefficient (Wildman–Crippen LogP) is 4.10. The number of nitrogens with zero attached hydrogens (tertiary/aromatic N) is 1. The van der Waals surface area contributed by atoms with E-state index in [0.29, 0.717) is 27.8 Å². The van der Waals surface area contributed by atoms with Gasteiger partial charge >= 0.3 is 5.97 Å². The SMILES string of the molecule is NCc1cc(I)ccc1Nc1c(C(=O)O)cc(Br)c2ocnc12. The van der Waals surface area contributed by atoms with Crippen LogP contribution >= 0.6 is 38.5 Å². The number of nitrogens with two attached hydrogens (primary N) is 1. The lowest BCUT2D eigenvalue weighted by Crippen LogP contribution is -2.07. The third-order valence-electron chi connectivity index (χ3n) is 3.34. The van der Waals surface area contributed by atoms with Gasteiger partial charge in [-0.05, 0) is 68.3 Å². The van der Waals surface area contributed by atoms with Crippen LogP contribution in [0.3, 0.4) is 0 Å². The minimum Gasteiger partial charge on any atom is -0.478 e. The molecule has 0 aliphatic rings. The molecule has 8 heteroatoms. The topological polar surface area (TPSA) is 101 Å². The largest absolute Gasteiger partial charge is 0.478 e. The van der Waals surface area contributed by atoms with Gasteiger partial charge in [-0.15, -0.1) is 0 Å². The average molecular weight is 488 g/mol. The van der Waals surface area contributed by atoms with Gasteiger partial charge in [0.05, 0.1) is 15.7 Å². The number of oxazole rings is 1. The third-order valence-corrected chi connectivity index (χ3v) is 4.60. The van der Waals surface area contributed by atoms with Crippen molar-refractivity contribution in [1.29, 1.82) is 0 Å². The van der Waals surface area contributed by atoms with Crippen molar-refractivity contribution in [3.63, 3.8) is 0 Å². The van der Waals surface area contributed by atoms with Crippen molar-refractivity contribution in [2.24, 2.45) is 5.73 Å². The van der Waals surface area contributed by atoms with Crippen molar-refractivity contribution in [3.8, 4) is 0 Å². The number of hydrogen-bond donors (Lipinski definition) is 3. The second-order valence-electron chi connectivity index (χ2n) is 4.75. The zero-order valence-electron chi connectivity index (χ0n) is 11.6. The summed E-state index contributed by atoms with van der Waals surface area (Å²) in [6.45, 7) is 0.333. The Morgan fingerprint density at radius 2 is 2.22 bits per heavy atom. The molecule has 4 N–H and O–H groups in total. The van der Waals surface area contributed by atoms with E-state index in [9.17, 15) is 9.90 Å². The first-order valence-electron chi connectivity index (χ1n) is 6.55. The van der Waals surface area contributed by atoms with Gasteiger partial charge in [0.25, 0.3) is 0 Å². The summed E-state index contributed by atoms with van der Waals surface area (Å²) in [5.41, 5.74) is 8.81. The molecular weight excluding hydrogens is 477 g/mol. The minimum atomic E-state index is -1.06. The Balaban J connectivity index is 2.20. The van der Waals surface area contributed by atoms with E-state index >= 15 is 0 Å². The van der Waals surface area contributed by atoms with E-state index < -0.39 is 5.97 Å². The second-order valence-corrected chi connectivity index (χ2v) is 6.85. The molecule has 0 spiro atoms. The number of carboxylic acid groups (broad SMARTS) is 1. The molecule has 3 aromatic rings. The molecule has 3 rings (SSSR count). The molecule has 23 heavy (non-hydrogen) atoms. The van der Waals surface area contributed by atoms with E-state index in [1.807, 2.05) is 18.2 Å². The van der Waals surface area contributed by atoms with Crippen molar-refractivity contribution < 1.29 is 14.3 Å². The molecule has 0 aliphatic carbocycles. The first-order chi connectivity index (χ1) is 11.0. The van der Waals surface area contributed by atoms with Crippen LogP contribution in [-0.2, 0) is 6.54 Å². The van der Waals surface area contributed by atoms with Gasteiger partial charge in [0.1, 0.15) is 5.52 Å². The molecule has 0 bridgehead atoms. The van der Waals surface area contributed by atoms with Crippen LogP contribution in [0.4, 0.5) is 11.4 Å². The highest BCUT2D eigenvalue weighted by atomic mass is 127. The van der Waals surface area contributed by atoms with E-state index in [0.717, 1.165) is 14.8 Å². The standard InChI is InChI=1S/C15H11BrIN3O3/c16-10-4-9(15(21)22)12(13-14(10)23-6-19-13)20-11-2-1-8(17)3-7(11)5-18/h1-4,6,20H,5,18H2,(H,21,22). The number of fused-ring (bicyclic) bond motifs is 1. The first kappa shape index (κ1) is 16.2. The number of nitrogens with one attached hydrogen (secondary N) is 1. The van der Waals surface area contributed by atoms with Crippen LogP contribution in [0.2, 0.25) is 0 Å². The predicted molar refractivity (Wildman–Crippen MR) is 99.0 cm³/mol. The molecule has 0 amide bonds. The second kappa shape index (κ2) is 6.46. The molecule has 0 unspecified atom stereocenters. The van der Waals surface area contributed by atoms with E-state index in [2.05, 4.69) is 48.8 Å². The molecule has 0 aliphatic heterocycles. The number of carbonyl (C=O) groups is 1. The minimum absolute atomic E-state index is 0.0970. The van der Waals surface area contributed by atoms with Crippen LogP contribution in [0.1, 0.15) is 15.9 Å². The van der Waals surface area contributed by atoms with Gasteiger partial charge in [0.2, 0.25) is 0 Å². The van der Waals surface area contributed by atoms with E-state index in [1.165, 1.54) is 12.5 Å². The molecule has 1 aromatic heterocycles. The Hall–Kier alpha value is -1.65. The monoisotopic (exact) mass is 487 g/mol. The van der Waals surface area contributed by atoms with Crippen LogP contribution in [-0.4, -0.2) is 16.1 Å². The van der Waals surface area contributed by atoms with Gasteiger partial charge in [0.15, 0.2) is 12.0 Å². The van der Waals surface area contributed by atoms with Crippen molar-refractivity contribution in [1.82, 2.24) is 4.98 Å². The highest BCUT2D eigenvalue weighted by Crippen LogP contribution is 2.35. The Morgan fingerprint density at radius 3 is 2.91 bits per heavy atom. The van der Waals surface area contributed by atoms with Crippen molar-refractivity contribution in [3.05, 3.63) is 49.8 Å². The van der Waals surface area contributed by atoms with Crippen LogP contribution < -0.4 is 11.1 Å². The number of benzene rings is 2. The molecular formula is C15H11BrIN3O3. The Labute approximate surface area is 153 Å². The molecule has 6 nitrogen and oxygen atoms in total. The fourth-order valence-electron chi connectivity index (χ4n) is 2.27. The van der Waals surface area contributed by atoms with E-state index in [-0.39, 0.29) is 5.56 Å². The van der Waals surface area contributed by atoms with Crippen LogP contribution in [0.25, 0.3) is 11.1 Å². The van der Waals surface area contributed by atoms with Gasteiger partial charge in [-0.2, -0.15) is 0 Å². The number of rotatable bonds is 4. The van der Waals surface area contributed by atoms with Crippen LogP contribution in [0.5, 0.6) is 0 Å². The fourth-order valence-corrected chi connectivity index (χ4v) is 3.33. The lowest BCUT2D eigenvalue weighted by atomic mass is 10.1. The summed E-state index contributed by atoms with van der Waals surface area (Å²) in [4.78, 5) is 15.7. The summed E-state index contributed by atoms with van der Waals surface area (Å²) in [5, 5.41) is 12.6. The van der Waals surface area contributed by atoms with E-state index in [1.54, 1.807) is 0 Å². The maximum absolute atomic E-state index is 11.6. The maximum Gasteiger partial charge on any atom is 0.337 e. The van der Waals surface area contributed by atoms with Gasteiger partial charge in [0, 0.05) is 15.8 Å². The lowest BCUT2D eigenvalue weighted by molar-refractivity contribution is 0.0698. The van der Waals surface area contributed by atoms with Crippen LogP contribution in [0.15, 0.2) is 39.5 Å². The number of aromatic nitrogens is 1. The quantitative estimate of drug-likeness (QED) is 0.479. The Bertz CT molecular complexity index is 910. The maximum atomic E-state index is 11.6. The zero-order chi connectivity index (χ0) is 16.6. The fraction of sp³-hybridized carbons (Fsp3) is 0.0667. The van der Waals surface area contributed by atoms with Crippen molar-refractivity contribution >= 4 is 67.0 Å². The normalized spacial score (nSPS) is 10.9. The lowest BCUT2D eigenvalue weighted by Gasteiger charge is -2.14. The average Bonchev–Trinajstić information content (AvgIpc) is 3.01. The summed E-state index contributed by atoms with van der Waals surface area (Å²) >= 11 is 5.51. The zero-order valence-corrected chi connectivity index (χ0v) is 15.4. The number of hydrogen-bond acceptors (Lipinski definition) is 5. The summed E-state index contributed by atoms with van der Waals surface area (Å²) in [6, 6.07) is 7.22. The number of carboxylic acids is 1. The summed E-state index contributed by atoms with van der Waals surface area (Å²) in [5.74, 6) is -1.06. The molecule has 0 saturated heterocycles. The first-order valence-corrected chi connectivity index (χ1v) is 8.43. The van der Waals surface area contributed by atoms with Crippen molar-refractivity contribution in [2.45, 2.75) is 6.54 Å². The molecule has 2 aromatic carbocycles. The molecule has 0 atom stereocenters. The van der Waals surface area contributed by atoms with Gasteiger partial charge in [-0.1, -0.05) is 0 Å². The molecule has 118 valence electrons. The molecule has 0 saturated carbocycles. The summed E-state index contributed by atoms with van der Waals surface area (Å²) in [6.07, 6.45) is 1.28. The Kier molecular flexibility index (Phi) is 4.55. The molecule has 1 heterocycles. The van der Waals surface area contributed by atoms with Gasteiger partial charge in [-0.25, -0.2) is 9.78 Å². The molecule has 0 radical (unpaired) electrons. The molecule has 0 fully saturated rings. The van der Waals surface area contributed by atoms with Crippen molar-refractivity contribution in [2.75, 3.05) is 5.32 Å². The highest BCUT2D eigenvalue weighted by Gasteiger charge is 2.20. The van der Waals surface area contributed by atoms with Crippen LogP contribution in [0, 0.1) is 3.57 Å². The van der Waals surface area contributed by atoms with E-state index in [4.69, 9.17) is 10.2 Å². The summed E-state index contributed by atoms with van der Waals surface area (Å²) < 4.78 is 6.91.